The summed E-state index contributed by atoms with van der Waals surface area (Å²) in [6.07, 6.45) is 1.83. The number of hydrogen-bond donors (Lipinski definition) is 1. The maximum atomic E-state index is 4.72. The van der Waals surface area contributed by atoms with E-state index in [1.807, 2.05) is 18.3 Å². The van der Waals surface area contributed by atoms with Gasteiger partial charge in [-0.1, -0.05) is 42.5 Å². The van der Waals surface area contributed by atoms with E-state index < -0.39 is 0 Å². The number of rotatable bonds is 5. The molecule has 0 aliphatic carbocycles. The predicted molar refractivity (Wildman–Crippen MR) is 110 cm³/mol. The average Bonchev–Trinajstić information content (AvgIpc) is 2.70. The molecule has 3 aromatic rings. The van der Waals surface area contributed by atoms with Crippen LogP contribution in [0.2, 0.25) is 0 Å². The molecule has 5 nitrogen and oxygen atoms in total. The molecule has 1 saturated heterocycles. The van der Waals surface area contributed by atoms with Gasteiger partial charge in [0.2, 0.25) is 5.95 Å². The number of nitrogens with one attached hydrogen (secondary N) is 1. The molecule has 5 heteroatoms. The van der Waals surface area contributed by atoms with Crippen LogP contribution in [0.5, 0.6) is 0 Å². The monoisotopic (exact) mass is 359 g/mol. The molecule has 0 atom stereocenters. The Hall–Kier alpha value is -2.92. The minimum Gasteiger partial charge on any atom is -0.340 e. The minimum absolute atomic E-state index is 0.798. The summed E-state index contributed by atoms with van der Waals surface area (Å²) in [4.78, 5) is 14.0. The highest BCUT2D eigenvalue weighted by atomic mass is 15.3. The van der Waals surface area contributed by atoms with Gasteiger partial charge in [-0.25, -0.2) is 4.98 Å². The molecule has 138 valence electrons. The number of hydrogen-bond acceptors (Lipinski definition) is 5. The van der Waals surface area contributed by atoms with Crippen molar-refractivity contribution in [3.8, 4) is 0 Å². The fourth-order valence-electron chi connectivity index (χ4n) is 3.39. The molecule has 0 saturated carbocycles. The van der Waals surface area contributed by atoms with E-state index >= 15 is 0 Å². The lowest BCUT2D eigenvalue weighted by Gasteiger charge is -2.34. The van der Waals surface area contributed by atoms with Crippen molar-refractivity contribution in [1.82, 2.24) is 14.9 Å². The van der Waals surface area contributed by atoms with Gasteiger partial charge in [0.05, 0.1) is 0 Å². The fourth-order valence-corrected chi connectivity index (χ4v) is 3.39. The Bertz CT molecular complexity index is 873. The van der Waals surface area contributed by atoms with Gasteiger partial charge in [-0.15, -0.1) is 0 Å². The summed E-state index contributed by atoms with van der Waals surface area (Å²) in [6, 6.07) is 20.9. The summed E-state index contributed by atoms with van der Waals surface area (Å²) in [6.45, 7) is 7.03. The van der Waals surface area contributed by atoms with E-state index in [2.05, 4.69) is 75.6 Å². The van der Waals surface area contributed by atoms with Crippen LogP contribution < -0.4 is 10.2 Å². The third-order valence-corrected chi connectivity index (χ3v) is 4.84. The van der Waals surface area contributed by atoms with Gasteiger partial charge in [0, 0.05) is 44.6 Å². The second-order valence-corrected chi connectivity index (χ2v) is 6.99. The maximum absolute atomic E-state index is 4.72. The number of aryl methyl sites for hydroxylation is 1. The number of anilines is 3. The van der Waals surface area contributed by atoms with E-state index in [1.54, 1.807) is 0 Å². The van der Waals surface area contributed by atoms with Gasteiger partial charge in [-0.3, -0.25) is 4.90 Å². The van der Waals surface area contributed by atoms with E-state index in [4.69, 9.17) is 4.98 Å². The molecule has 2 aromatic carbocycles. The van der Waals surface area contributed by atoms with Crippen molar-refractivity contribution < 1.29 is 0 Å². The largest absolute Gasteiger partial charge is 0.340 e. The van der Waals surface area contributed by atoms with E-state index in [1.165, 1.54) is 11.1 Å². The van der Waals surface area contributed by atoms with Crippen molar-refractivity contribution in [1.29, 1.82) is 0 Å². The topological polar surface area (TPSA) is 44.3 Å². The van der Waals surface area contributed by atoms with Crippen molar-refractivity contribution in [2.24, 2.45) is 0 Å². The Morgan fingerprint density at radius 2 is 1.74 bits per heavy atom. The van der Waals surface area contributed by atoms with Crippen LogP contribution in [0.15, 0.2) is 66.9 Å². The van der Waals surface area contributed by atoms with Gasteiger partial charge in [0.15, 0.2) is 0 Å². The summed E-state index contributed by atoms with van der Waals surface area (Å²) < 4.78 is 0. The Balaban J connectivity index is 1.37. The van der Waals surface area contributed by atoms with Crippen LogP contribution >= 0.6 is 0 Å². The number of benzene rings is 2. The summed E-state index contributed by atoms with van der Waals surface area (Å²) in [5.41, 5.74) is 3.64. The van der Waals surface area contributed by atoms with Crippen molar-refractivity contribution >= 4 is 17.5 Å². The maximum Gasteiger partial charge on any atom is 0.227 e. The fraction of sp³-hybridized carbons (Fsp3) is 0.273. The van der Waals surface area contributed by atoms with Gasteiger partial charge in [-0.2, -0.15) is 4.98 Å². The summed E-state index contributed by atoms with van der Waals surface area (Å²) in [5, 5.41) is 3.38. The molecule has 1 aliphatic rings. The quantitative estimate of drug-likeness (QED) is 0.750. The van der Waals surface area contributed by atoms with E-state index in [-0.39, 0.29) is 0 Å². The molecule has 0 radical (unpaired) electrons. The van der Waals surface area contributed by atoms with Crippen molar-refractivity contribution in [3.05, 3.63) is 78.0 Å². The molecule has 1 N–H and O–H groups in total. The third-order valence-electron chi connectivity index (χ3n) is 4.84. The number of piperazine rings is 1. The van der Waals surface area contributed by atoms with Gasteiger partial charge >= 0.3 is 0 Å². The SMILES string of the molecule is Cc1cccc(Nc2ccnc(N3CCN(Cc4ccccc4)CC3)n2)c1. The lowest BCUT2D eigenvalue weighted by molar-refractivity contribution is 0.248. The summed E-state index contributed by atoms with van der Waals surface area (Å²) >= 11 is 0. The molecular formula is C22H25N5. The molecule has 0 spiro atoms. The smallest absolute Gasteiger partial charge is 0.227 e. The molecular weight excluding hydrogens is 334 g/mol. The number of nitrogens with zero attached hydrogens (tertiary/aromatic N) is 4. The zero-order chi connectivity index (χ0) is 18.5. The van der Waals surface area contributed by atoms with Crippen LogP contribution in [-0.2, 0) is 6.54 Å². The lowest BCUT2D eigenvalue weighted by Crippen LogP contribution is -2.46. The standard InChI is InChI=1S/C22H25N5/c1-18-6-5-9-20(16-18)24-21-10-11-23-22(25-21)27-14-12-26(13-15-27)17-19-7-3-2-4-8-19/h2-11,16H,12-15,17H2,1H3,(H,23,24,25). The molecule has 2 heterocycles. The average molecular weight is 359 g/mol. The normalized spacial score (nSPS) is 14.9. The molecule has 1 fully saturated rings. The second kappa shape index (κ2) is 8.18. The minimum atomic E-state index is 0.798. The molecule has 0 unspecified atom stereocenters. The van der Waals surface area contributed by atoms with Gasteiger partial charge in [0.1, 0.15) is 5.82 Å². The van der Waals surface area contributed by atoms with Crippen LogP contribution in [0.3, 0.4) is 0 Å². The summed E-state index contributed by atoms with van der Waals surface area (Å²) in [5.74, 6) is 1.63. The molecule has 0 bridgehead atoms. The van der Waals surface area contributed by atoms with E-state index in [9.17, 15) is 0 Å². The zero-order valence-electron chi connectivity index (χ0n) is 15.7. The first-order valence-electron chi connectivity index (χ1n) is 9.44. The highest BCUT2D eigenvalue weighted by molar-refractivity contribution is 5.57. The van der Waals surface area contributed by atoms with Crippen LogP contribution in [0.25, 0.3) is 0 Å². The number of aromatic nitrogens is 2. The van der Waals surface area contributed by atoms with Crippen molar-refractivity contribution in [2.45, 2.75) is 13.5 Å². The molecule has 4 rings (SSSR count). The highest BCUT2D eigenvalue weighted by Crippen LogP contribution is 2.19. The molecule has 0 amide bonds. The van der Waals surface area contributed by atoms with Gasteiger partial charge in [0.25, 0.3) is 0 Å². The van der Waals surface area contributed by atoms with E-state index in [0.717, 1.165) is 50.2 Å². The highest BCUT2D eigenvalue weighted by Gasteiger charge is 2.19. The van der Waals surface area contributed by atoms with Gasteiger partial charge in [-0.05, 0) is 36.2 Å². The van der Waals surface area contributed by atoms with Crippen LogP contribution in [0, 0.1) is 6.92 Å². The second-order valence-electron chi connectivity index (χ2n) is 6.99. The first-order valence-corrected chi connectivity index (χ1v) is 9.44. The lowest BCUT2D eigenvalue weighted by atomic mass is 10.2. The molecule has 1 aromatic heterocycles. The Kier molecular flexibility index (Phi) is 5.30. The Labute approximate surface area is 160 Å². The molecule has 1 aliphatic heterocycles. The zero-order valence-corrected chi connectivity index (χ0v) is 15.7. The van der Waals surface area contributed by atoms with E-state index in [0.29, 0.717) is 0 Å². The Morgan fingerprint density at radius 1 is 0.926 bits per heavy atom. The summed E-state index contributed by atoms with van der Waals surface area (Å²) in [7, 11) is 0. The first-order chi connectivity index (χ1) is 13.3. The van der Waals surface area contributed by atoms with Crippen molar-refractivity contribution in [2.75, 3.05) is 36.4 Å². The van der Waals surface area contributed by atoms with Crippen LogP contribution in [0.1, 0.15) is 11.1 Å². The predicted octanol–water partition coefficient (Wildman–Crippen LogP) is 3.85. The van der Waals surface area contributed by atoms with Crippen LogP contribution in [-0.4, -0.2) is 41.0 Å². The van der Waals surface area contributed by atoms with Gasteiger partial charge < -0.3 is 10.2 Å². The molecule has 27 heavy (non-hydrogen) atoms. The third kappa shape index (κ3) is 4.63. The first kappa shape index (κ1) is 17.5. The Morgan fingerprint density at radius 3 is 2.52 bits per heavy atom. The van der Waals surface area contributed by atoms with Crippen molar-refractivity contribution in [3.63, 3.8) is 0 Å². The van der Waals surface area contributed by atoms with Crippen LogP contribution in [0.4, 0.5) is 17.5 Å².